The predicted octanol–water partition coefficient (Wildman–Crippen LogP) is 3.68. The van der Waals surface area contributed by atoms with Gasteiger partial charge >= 0.3 is 0 Å². The SMILES string of the molecule is CCCn1c(SCC(=O)Nc2ccc(F)cc2)nc2ccccc2c1=O. The average molecular weight is 371 g/mol. The third-order valence-corrected chi connectivity index (χ3v) is 4.71. The maximum atomic E-state index is 12.9. The maximum Gasteiger partial charge on any atom is 0.262 e. The van der Waals surface area contributed by atoms with E-state index < -0.39 is 0 Å². The topological polar surface area (TPSA) is 64.0 Å². The van der Waals surface area contributed by atoms with Crippen LogP contribution in [-0.2, 0) is 11.3 Å². The standard InChI is InChI=1S/C19H18FN3O2S/c1-2-11-23-18(25)15-5-3-4-6-16(15)22-19(23)26-12-17(24)21-14-9-7-13(20)8-10-14/h3-10H,2,11-12H2,1H3,(H,21,24). The quantitative estimate of drug-likeness (QED) is 0.530. The lowest BCUT2D eigenvalue weighted by molar-refractivity contribution is -0.113. The minimum absolute atomic E-state index is 0.0982. The fourth-order valence-corrected chi connectivity index (χ4v) is 3.36. The number of benzene rings is 2. The Balaban J connectivity index is 1.79. The Labute approximate surface area is 154 Å². The minimum Gasteiger partial charge on any atom is -0.325 e. The Morgan fingerprint density at radius 2 is 1.92 bits per heavy atom. The molecule has 0 radical (unpaired) electrons. The van der Waals surface area contributed by atoms with Gasteiger partial charge in [0.15, 0.2) is 5.16 Å². The number of rotatable bonds is 6. The van der Waals surface area contributed by atoms with Crippen LogP contribution >= 0.6 is 11.8 Å². The van der Waals surface area contributed by atoms with Crippen molar-refractivity contribution < 1.29 is 9.18 Å². The van der Waals surface area contributed by atoms with E-state index in [1.54, 1.807) is 16.7 Å². The van der Waals surface area contributed by atoms with E-state index >= 15 is 0 Å². The van der Waals surface area contributed by atoms with E-state index in [-0.39, 0.29) is 23.0 Å². The highest BCUT2D eigenvalue weighted by molar-refractivity contribution is 7.99. The van der Waals surface area contributed by atoms with Crippen molar-refractivity contribution in [3.05, 3.63) is 64.7 Å². The number of carbonyl (C=O) groups excluding carboxylic acids is 1. The van der Waals surface area contributed by atoms with Crippen molar-refractivity contribution in [3.63, 3.8) is 0 Å². The molecule has 0 unspecified atom stereocenters. The molecule has 0 aliphatic carbocycles. The Morgan fingerprint density at radius 1 is 1.19 bits per heavy atom. The highest BCUT2D eigenvalue weighted by Gasteiger charge is 2.13. The summed E-state index contributed by atoms with van der Waals surface area (Å²) in [6.07, 6.45) is 0.787. The number of halogens is 1. The third-order valence-electron chi connectivity index (χ3n) is 3.73. The molecule has 1 heterocycles. The van der Waals surface area contributed by atoms with E-state index in [9.17, 15) is 14.0 Å². The molecule has 0 aliphatic rings. The molecule has 0 spiro atoms. The van der Waals surface area contributed by atoms with Crippen molar-refractivity contribution in [2.45, 2.75) is 25.0 Å². The summed E-state index contributed by atoms with van der Waals surface area (Å²) in [5, 5.41) is 3.79. The lowest BCUT2D eigenvalue weighted by atomic mass is 10.2. The predicted molar refractivity (Wildman–Crippen MR) is 102 cm³/mol. The molecule has 7 heteroatoms. The first kappa shape index (κ1) is 18.1. The minimum atomic E-state index is -0.360. The number of nitrogens with zero attached hydrogens (tertiary/aromatic N) is 2. The van der Waals surface area contributed by atoms with Gasteiger partial charge in [0, 0.05) is 12.2 Å². The molecule has 1 aromatic heterocycles. The van der Waals surface area contributed by atoms with Crippen LogP contribution in [0.25, 0.3) is 10.9 Å². The molecule has 0 saturated heterocycles. The summed E-state index contributed by atoms with van der Waals surface area (Å²) in [5.41, 5.74) is 1.04. The average Bonchev–Trinajstić information content (AvgIpc) is 2.64. The second-order valence-electron chi connectivity index (χ2n) is 5.71. The molecule has 0 fully saturated rings. The molecular weight excluding hydrogens is 353 g/mol. The molecule has 134 valence electrons. The van der Waals surface area contributed by atoms with Gasteiger partial charge in [-0.1, -0.05) is 30.8 Å². The largest absolute Gasteiger partial charge is 0.325 e. The number of amides is 1. The second-order valence-corrected chi connectivity index (χ2v) is 6.65. The fraction of sp³-hybridized carbons (Fsp3) is 0.211. The van der Waals surface area contributed by atoms with Crippen molar-refractivity contribution in [3.8, 4) is 0 Å². The van der Waals surface area contributed by atoms with E-state index in [0.717, 1.165) is 6.42 Å². The zero-order valence-electron chi connectivity index (χ0n) is 14.2. The van der Waals surface area contributed by atoms with Crippen molar-refractivity contribution >= 4 is 34.3 Å². The summed E-state index contributed by atoms with van der Waals surface area (Å²) in [6.45, 7) is 2.52. The van der Waals surface area contributed by atoms with Crippen LogP contribution in [0.2, 0.25) is 0 Å². The van der Waals surface area contributed by atoms with Crippen molar-refractivity contribution in [2.75, 3.05) is 11.1 Å². The van der Waals surface area contributed by atoms with E-state index in [1.807, 2.05) is 19.1 Å². The summed E-state index contributed by atoms with van der Waals surface area (Å²) in [4.78, 5) is 29.4. The molecule has 0 saturated carbocycles. The van der Waals surface area contributed by atoms with Crippen LogP contribution in [0, 0.1) is 5.82 Å². The van der Waals surface area contributed by atoms with Gasteiger partial charge in [0.2, 0.25) is 5.91 Å². The number of anilines is 1. The Kier molecular flexibility index (Phi) is 5.68. The third kappa shape index (κ3) is 4.11. The summed E-state index contributed by atoms with van der Waals surface area (Å²) in [5.74, 6) is -0.500. The molecule has 1 amide bonds. The van der Waals surface area contributed by atoms with Crippen molar-refractivity contribution in [1.82, 2.24) is 9.55 Å². The molecule has 26 heavy (non-hydrogen) atoms. The Bertz CT molecular complexity index is 986. The number of hydrogen-bond donors (Lipinski definition) is 1. The van der Waals surface area contributed by atoms with Gasteiger partial charge in [-0.2, -0.15) is 0 Å². The number of aromatic nitrogens is 2. The van der Waals surface area contributed by atoms with Gasteiger partial charge in [0.05, 0.1) is 16.7 Å². The normalized spacial score (nSPS) is 10.8. The zero-order valence-corrected chi connectivity index (χ0v) is 15.1. The number of para-hydroxylation sites is 1. The summed E-state index contributed by atoms with van der Waals surface area (Å²) in [7, 11) is 0. The molecule has 0 atom stereocenters. The van der Waals surface area contributed by atoms with Gasteiger partial charge in [-0.05, 0) is 42.8 Å². The monoisotopic (exact) mass is 371 g/mol. The lowest BCUT2D eigenvalue weighted by Crippen LogP contribution is -2.24. The van der Waals surface area contributed by atoms with Crippen LogP contribution in [0.15, 0.2) is 58.5 Å². The molecular formula is C19H18FN3O2S. The highest BCUT2D eigenvalue weighted by Crippen LogP contribution is 2.19. The van der Waals surface area contributed by atoms with Crippen LogP contribution in [-0.4, -0.2) is 21.2 Å². The maximum absolute atomic E-state index is 12.9. The van der Waals surface area contributed by atoms with Gasteiger partial charge in [-0.3, -0.25) is 14.2 Å². The molecule has 0 aliphatic heterocycles. The van der Waals surface area contributed by atoms with Crippen LogP contribution < -0.4 is 10.9 Å². The van der Waals surface area contributed by atoms with Crippen LogP contribution in [0.4, 0.5) is 10.1 Å². The number of nitrogens with one attached hydrogen (secondary N) is 1. The molecule has 0 bridgehead atoms. The summed E-state index contributed by atoms with van der Waals surface area (Å²) in [6, 6.07) is 12.7. The molecule has 5 nitrogen and oxygen atoms in total. The van der Waals surface area contributed by atoms with Gasteiger partial charge in [-0.15, -0.1) is 0 Å². The number of fused-ring (bicyclic) bond motifs is 1. The van der Waals surface area contributed by atoms with Gasteiger partial charge in [0.25, 0.3) is 5.56 Å². The second kappa shape index (κ2) is 8.14. The fourth-order valence-electron chi connectivity index (χ4n) is 2.54. The van der Waals surface area contributed by atoms with Gasteiger partial charge in [-0.25, -0.2) is 9.37 Å². The Morgan fingerprint density at radius 3 is 2.65 bits per heavy atom. The smallest absolute Gasteiger partial charge is 0.262 e. The van der Waals surface area contributed by atoms with E-state index in [4.69, 9.17) is 0 Å². The first-order chi connectivity index (χ1) is 12.6. The van der Waals surface area contributed by atoms with E-state index in [2.05, 4.69) is 10.3 Å². The number of hydrogen-bond acceptors (Lipinski definition) is 4. The number of thioether (sulfide) groups is 1. The van der Waals surface area contributed by atoms with Gasteiger partial charge in [0.1, 0.15) is 5.82 Å². The molecule has 1 N–H and O–H groups in total. The summed E-state index contributed by atoms with van der Waals surface area (Å²) >= 11 is 1.21. The molecule has 2 aromatic carbocycles. The van der Waals surface area contributed by atoms with Crippen molar-refractivity contribution in [1.29, 1.82) is 0 Å². The van der Waals surface area contributed by atoms with Crippen molar-refractivity contribution in [2.24, 2.45) is 0 Å². The zero-order chi connectivity index (χ0) is 18.5. The lowest BCUT2D eigenvalue weighted by Gasteiger charge is -2.12. The highest BCUT2D eigenvalue weighted by atomic mass is 32.2. The molecule has 3 aromatic rings. The first-order valence-electron chi connectivity index (χ1n) is 8.26. The van der Waals surface area contributed by atoms with Crippen LogP contribution in [0.1, 0.15) is 13.3 Å². The van der Waals surface area contributed by atoms with Gasteiger partial charge < -0.3 is 5.32 Å². The number of carbonyl (C=O) groups is 1. The summed E-state index contributed by atoms with van der Waals surface area (Å²) < 4.78 is 14.5. The van der Waals surface area contributed by atoms with Crippen LogP contribution in [0.5, 0.6) is 0 Å². The van der Waals surface area contributed by atoms with E-state index in [1.165, 1.54) is 36.0 Å². The van der Waals surface area contributed by atoms with E-state index in [0.29, 0.717) is 28.3 Å². The first-order valence-corrected chi connectivity index (χ1v) is 9.25. The molecule has 3 rings (SSSR count). The Hall–Kier alpha value is -2.67. The van der Waals surface area contributed by atoms with Crippen LogP contribution in [0.3, 0.4) is 0 Å².